The van der Waals surface area contributed by atoms with Crippen molar-refractivity contribution in [2.45, 2.75) is 6.92 Å². The molecular weight excluding hydrogens is 204 g/mol. The first-order valence-electron chi connectivity index (χ1n) is 4.01. The van der Waals surface area contributed by atoms with Gasteiger partial charge >= 0.3 is 0 Å². The fraction of sp³-hybridized carbons (Fsp3) is 0.100. The van der Waals surface area contributed by atoms with Crippen molar-refractivity contribution in [3.63, 3.8) is 0 Å². The number of furan rings is 1. The van der Waals surface area contributed by atoms with Crippen LogP contribution in [0.2, 0.25) is 5.22 Å². The fourth-order valence-corrected chi connectivity index (χ4v) is 1.53. The average molecular weight is 211 g/mol. The first kappa shape index (κ1) is 9.09. The van der Waals surface area contributed by atoms with E-state index in [1.54, 1.807) is 6.07 Å². The third kappa shape index (κ3) is 1.36. The zero-order valence-corrected chi connectivity index (χ0v) is 8.13. The van der Waals surface area contributed by atoms with E-state index in [0.717, 1.165) is 0 Å². The Labute approximate surface area is 84.9 Å². The maximum Gasteiger partial charge on any atom is 0.194 e. The first-order valence-corrected chi connectivity index (χ1v) is 4.38. The van der Waals surface area contributed by atoms with Crippen molar-refractivity contribution >= 4 is 28.4 Å². The number of hydrogen-bond acceptors (Lipinski definition) is 3. The molecule has 2 aromatic rings. The number of carbonyl (C=O) groups is 1. The minimum atomic E-state index is -0.211. The van der Waals surface area contributed by atoms with Crippen LogP contribution in [0.1, 0.15) is 17.3 Å². The van der Waals surface area contributed by atoms with E-state index >= 15 is 0 Å². The Morgan fingerprint density at radius 1 is 1.43 bits per heavy atom. The predicted molar refractivity (Wildman–Crippen MR) is 52.9 cm³/mol. The third-order valence-electron chi connectivity index (χ3n) is 1.98. The molecule has 2 rings (SSSR count). The van der Waals surface area contributed by atoms with Crippen LogP contribution in [-0.4, -0.2) is 10.9 Å². The van der Waals surface area contributed by atoms with Gasteiger partial charge in [-0.2, -0.15) is 0 Å². The number of phenols is 1. The van der Waals surface area contributed by atoms with Crippen molar-refractivity contribution < 1.29 is 14.3 Å². The van der Waals surface area contributed by atoms with Crippen LogP contribution in [0.15, 0.2) is 22.6 Å². The van der Waals surface area contributed by atoms with E-state index in [1.807, 2.05) is 0 Å². The molecule has 0 atom stereocenters. The summed E-state index contributed by atoms with van der Waals surface area (Å²) in [5, 5.41) is 10.4. The van der Waals surface area contributed by atoms with Crippen LogP contribution < -0.4 is 0 Å². The molecule has 4 heteroatoms. The van der Waals surface area contributed by atoms with Crippen molar-refractivity contribution in [3.8, 4) is 5.75 Å². The summed E-state index contributed by atoms with van der Waals surface area (Å²) in [5.41, 5.74) is 0.738. The molecule has 0 radical (unpaired) electrons. The number of ketones is 1. The van der Waals surface area contributed by atoms with Crippen molar-refractivity contribution in [3.05, 3.63) is 29.0 Å². The first-order chi connectivity index (χ1) is 6.58. The fourth-order valence-electron chi connectivity index (χ4n) is 1.32. The van der Waals surface area contributed by atoms with E-state index in [4.69, 9.17) is 16.0 Å². The number of rotatable bonds is 1. The van der Waals surface area contributed by atoms with E-state index in [1.165, 1.54) is 19.1 Å². The topological polar surface area (TPSA) is 50.4 Å². The lowest BCUT2D eigenvalue weighted by molar-refractivity contribution is 0.101. The molecule has 3 nitrogen and oxygen atoms in total. The Balaban J connectivity index is 2.76. The van der Waals surface area contributed by atoms with Crippen LogP contribution in [0.5, 0.6) is 5.75 Å². The highest BCUT2D eigenvalue weighted by atomic mass is 35.5. The van der Waals surface area contributed by atoms with Crippen LogP contribution in [0.3, 0.4) is 0 Å². The van der Waals surface area contributed by atoms with E-state index in [2.05, 4.69) is 0 Å². The number of carbonyl (C=O) groups excluding carboxylic acids is 1. The Bertz CT molecular complexity index is 513. The molecule has 0 bridgehead atoms. The molecule has 14 heavy (non-hydrogen) atoms. The van der Waals surface area contributed by atoms with E-state index in [9.17, 15) is 9.90 Å². The molecule has 0 unspecified atom stereocenters. The van der Waals surface area contributed by atoms with Gasteiger partial charge in [0.25, 0.3) is 0 Å². The lowest BCUT2D eigenvalue weighted by Gasteiger charge is -1.98. The van der Waals surface area contributed by atoms with Crippen molar-refractivity contribution in [1.82, 2.24) is 0 Å². The molecule has 0 spiro atoms. The van der Waals surface area contributed by atoms with Gasteiger partial charge in [0.1, 0.15) is 11.3 Å². The minimum Gasteiger partial charge on any atom is -0.507 e. The highest BCUT2D eigenvalue weighted by molar-refractivity contribution is 6.29. The van der Waals surface area contributed by atoms with E-state index < -0.39 is 0 Å². The normalized spacial score (nSPS) is 10.7. The second-order valence-corrected chi connectivity index (χ2v) is 3.39. The Morgan fingerprint density at radius 2 is 2.14 bits per heavy atom. The summed E-state index contributed by atoms with van der Waals surface area (Å²) in [4.78, 5) is 11.1. The SMILES string of the molecule is CC(=O)c1cc2oc(Cl)cc2cc1O. The number of Topliss-reactive ketones (excluding diaryl/α,β-unsaturated/α-hetero) is 1. The maximum atomic E-state index is 11.1. The predicted octanol–water partition coefficient (Wildman–Crippen LogP) is 2.99. The van der Waals surface area contributed by atoms with Crippen LogP contribution in [0.25, 0.3) is 11.0 Å². The highest BCUT2D eigenvalue weighted by Crippen LogP contribution is 2.29. The van der Waals surface area contributed by atoms with Crippen molar-refractivity contribution in [2.75, 3.05) is 0 Å². The molecule has 0 saturated heterocycles. The van der Waals surface area contributed by atoms with Gasteiger partial charge in [-0.05, 0) is 30.7 Å². The zero-order chi connectivity index (χ0) is 10.3. The summed E-state index contributed by atoms with van der Waals surface area (Å²) in [7, 11) is 0. The number of benzene rings is 1. The van der Waals surface area contributed by atoms with E-state index in [-0.39, 0.29) is 22.3 Å². The van der Waals surface area contributed by atoms with Crippen LogP contribution in [0, 0.1) is 0 Å². The summed E-state index contributed by atoms with van der Waals surface area (Å²) in [5.74, 6) is -0.264. The minimum absolute atomic E-state index is 0.0533. The molecule has 72 valence electrons. The molecule has 0 saturated carbocycles. The Hall–Kier alpha value is -1.48. The van der Waals surface area contributed by atoms with Gasteiger partial charge in [0.2, 0.25) is 0 Å². The third-order valence-corrected chi connectivity index (χ3v) is 2.17. The van der Waals surface area contributed by atoms with Crippen molar-refractivity contribution in [2.24, 2.45) is 0 Å². The standard InChI is InChI=1S/C10H7ClO3/c1-5(12)7-4-9-6(2-8(7)13)3-10(11)14-9/h2-4,13H,1H3. The number of halogens is 1. The van der Waals surface area contributed by atoms with Crippen LogP contribution >= 0.6 is 11.6 Å². The quantitative estimate of drug-likeness (QED) is 0.737. The van der Waals surface area contributed by atoms with Gasteiger partial charge in [0, 0.05) is 11.5 Å². The highest BCUT2D eigenvalue weighted by Gasteiger charge is 2.10. The van der Waals surface area contributed by atoms with Gasteiger partial charge < -0.3 is 9.52 Å². The molecule has 1 heterocycles. The molecule has 0 fully saturated rings. The molecule has 0 aliphatic heterocycles. The number of hydrogen-bond donors (Lipinski definition) is 1. The summed E-state index contributed by atoms with van der Waals surface area (Å²) in [6.45, 7) is 1.38. The van der Waals surface area contributed by atoms with Gasteiger partial charge in [0.05, 0.1) is 5.56 Å². The molecule has 1 N–H and O–H groups in total. The van der Waals surface area contributed by atoms with Gasteiger partial charge in [-0.15, -0.1) is 0 Å². The van der Waals surface area contributed by atoms with Crippen molar-refractivity contribution in [1.29, 1.82) is 0 Å². The Kier molecular flexibility index (Phi) is 1.97. The van der Waals surface area contributed by atoms with Crippen LogP contribution in [0.4, 0.5) is 0 Å². The molecule has 1 aromatic heterocycles. The zero-order valence-electron chi connectivity index (χ0n) is 7.37. The summed E-state index contributed by atoms with van der Waals surface area (Å²) < 4.78 is 5.12. The lowest BCUT2D eigenvalue weighted by atomic mass is 10.1. The molecular formula is C10H7ClO3. The summed E-state index contributed by atoms with van der Waals surface area (Å²) in [6.07, 6.45) is 0. The monoisotopic (exact) mass is 210 g/mol. The largest absolute Gasteiger partial charge is 0.507 e. The second kappa shape index (κ2) is 3.03. The molecule has 0 aliphatic rings. The van der Waals surface area contributed by atoms with Gasteiger partial charge in [-0.25, -0.2) is 0 Å². The number of aromatic hydroxyl groups is 1. The van der Waals surface area contributed by atoms with E-state index in [0.29, 0.717) is 11.0 Å². The summed E-state index contributed by atoms with van der Waals surface area (Å²) >= 11 is 5.63. The number of fused-ring (bicyclic) bond motifs is 1. The lowest BCUT2D eigenvalue weighted by Crippen LogP contribution is -1.91. The average Bonchev–Trinajstić information content (AvgIpc) is 2.42. The van der Waals surface area contributed by atoms with Gasteiger partial charge in [-0.3, -0.25) is 4.79 Å². The molecule has 1 aromatic carbocycles. The van der Waals surface area contributed by atoms with Crippen LogP contribution in [-0.2, 0) is 0 Å². The number of phenolic OH excluding ortho intramolecular Hbond substituents is 1. The second-order valence-electron chi connectivity index (χ2n) is 3.01. The molecule has 0 amide bonds. The molecule has 0 aliphatic carbocycles. The summed E-state index contributed by atoms with van der Waals surface area (Å²) in [6, 6.07) is 4.53. The Morgan fingerprint density at radius 3 is 2.79 bits per heavy atom. The smallest absolute Gasteiger partial charge is 0.194 e. The van der Waals surface area contributed by atoms with Gasteiger partial charge in [-0.1, -0.05) is 0 Å². The maximum absolute atomic E-state index is 11.1. The van der Waals surface area contributed by atoms with Gasteiger partial charge in [0.15, 0.2) is 11.0 Å².